The Kier molecular flexibility index (Phi) is 2.41. The third kappa shape index (κ3) is 1.32. The summed E-state index contributed by atoms with van der Waals surface area (Å²) in [5.74, 6) is -3.84. The number of esters is 1. The molecule has 5 atom stereocenters. The molecule has 0 aliphatic heterocycles. The van der Waals surface area contributed by atoms with Crippen LogP contribution in [0.2, 0.25) is 0 Å². The van der Waals surface area contributed by atoms with E-state index in [-0.39, 0.29) is 13.0 Å². The third-order valence-corrected chi connectivity index (χ3v) is 3.56. The van der Waals surface area contributed by atoms with E-state index in [1.165, 1.54) is 0 Å². The summed E-state index contributed by atoms with van der Waals surface area (Å²) >= 11 is 0. The molecule has 0 saturated heterocycles. The highest BCUT2D eigenvalue weighted by molar-refractivity contribution is 5.86. The lowest BCUT2D eigenvalue weighted by Crippen LogP contribution is -2.51. The first-order chi connectivity index (χ1) is 7.43. The van der Waals surface area contributed by atoms with Gasteiger partial charge in [-0.15, -0.1) is 0 Å². The number of rotatable bonds is 3. The van der Waals surface area contributed by atoms with Crippen LogP contribution in [0.3, 0.4) is 0 Å². The van der Waals surface area contributed by atoms with Crippen LogP contribution < -0.4 is 5.73 Å². The summed E-state index contributed by atoms with van der Waals surface area (Å²) in [5, 5.41) is 8.85. The van der Waals surface area contributed by atoms with Crippen molar-refractivity contribution >= 4 is 11.9 Å². The molecule has 5 nitrogen and oxygen atoms in total. The molecule has 0 unspecified atom stereocenters. The van der Waals surface area contributed by atoms with Crippen molar-refractivity contribution in [3.63, 3.8) is 0 Å². The van der Waals surface area contributed by atoms with E-state index in [1.807, 2.05) is 0 Å². The lowest BCUT2D eigenvalue weighted by atomic mass is 9.91. The summed E-state index contributed by atoms with van der Waals surface area (Å²) < 4.78 is 18.3. The van der Waals surface area contributed by atoms with E-state index in [2.05, 4.69) is 0 Å². The van der Waals surface area contributed by atoms with Crippen LogP contribution in [0.1, 0.15) is 13.3 Å². The van der Waals surface area contributed by atoms with Gasteiger partial charge in [0.15, 0.2) is 0 Å². The van der Waals surface area contributed by atoms with Gasteiger partial charge in [-0.25, -0.2) is 4.39 Å². The normalized spacial score (nSPS) is 44.9. The molecular weight excluding hydrogens is 217 g/mol. The van der Waals surface area contributed by atoms with Gasteiger partial charge < -0.3 is 15.6 Å². The number of aliphatic carboxylic acids is 1. The lowest BCUT2D eigenvalue weighted by molar-refractivity contribution is -0.151. The zero-order valence-corrected chi connectivity index (χ0v) is 8.85. The van der Waals surface area contributed by atoms with Crippen LogP contribution in [0.25, 0.3) is 0 Å². The summed E-state index contributed by atoms with van der Waals surface area (Å²) in [6.45, 7) is 1.78. The minimum Gasteiger partial charge on any atom is -0.481 e. The maximum Gasteiger partial charge on any atom is 0.326 e. The molecule has 16 heavy (non-hydrogen) atoms. The van der Waals surface area contributed by atoms with Crippen LogP contribution in [0.15, 0.2) is 0 Å². The maximum atomic E-state index is 13.5. The molecule has 2 fully saturated rings. The molecular formula is C10H14FNO4. The Morgan fingerprint density at radius 1 is 1.62 bits per heavy atom. The molecule has 6 heteroatoms. The second kappa shape index (κ2) is 3.41. The van der Waals surface area contributed by atoms with Crippen LogP contribution in [0.5, 0.6) is 0 Å². The van der Waals surface area contributed by atoms with Crippen molar-refractivity contribution in [2.75, 3.05) is 6.61 Å². The number of hydrogen-bond acceptors (Lipinski definition) is 4. The topological polar surface area (TPSA) is 89.6 Å². The molecule has 2 aliphatic rings. The van der Waals surface area contributed by atoms with Crippen LogP contribution in [-0.2, 0) is 14.3 Å². The zero-order chi connectivity index (χ0) is 12.1. The number of alkyl halides is 1. The van der Waals surface area contributed by atoms with Crippen LogP contribution in [-0.4, -0.2) is 35.4 Å². The number of halogens is 1. The van der Waals surface area contributed by atoms with Gasteiger partial charge in [0.05, 0.1) is 12.5 Å². The van der Waals surface area contributed by atoms with Crippen molar-refractivity contribution in [1.82, 2.24) is 0 Å². The van der Waals surface area contributed by atoms with E-state index in [0.717, 1.165) is 0 Å². The highest BCUT2D eigenvalue weighted by Gasteiger charge is 2.74. The number of carboxylic acids is 1. The van der Waals surface area contributed by atoms with E-state index in [9.17, 15) is 14.0 Å². The smallest absolute Gasteiger partial charge is 0.326 e. The zero-order valence-electron chi connectivity index (χ0n) is 8.85. The number of hydrogen-bond donors (Lipinski definition) is 2. The standard InChI is InChI=1S/C10H14FNO4/c1-2-16-9(15)10(12)3-4(11)5-6(7(5)10)8(13)14/h4-7H,2-3,12H2,1H3,(H,13,14)/t4-,5+,6+,7+,10+/m1/s1. The molecule has 0 amide bonds. The average Bonchev–Trinajstić information content (AvgIpc) is 2.87. The molecule has 0 bridgehead atoms. The Bertz CT molecular complexity index is 348. The quantitative estimate of drug-likeness (QED) is 0.664. The van der Waals surface area contributed by atoms with Gasteiger partial charge in [0, 0.05) is 18.3 Å². The first-order valence-corrected chi connectivity index (χ1v) is 5.26. The molecule has 2 aliphatic carbocycles. The van der Waals surface area contributed by atoms with Gasteiger partial charge in [0.25, 0.3) is 0 Å². The second-order valence-electron chi connectivity index (χ2n) is 4.45. The lowest BCUT2D eigenvalue weighted by Gasteiger charge is -2.24. The van der Waals surface area contributed by atoms with Crippen molar-refractivity contribution in [3.05, 3.63) is 0 Å². The average molecular weight is 231 g/mol. The minimum absolute atomic E-state index is 0.134. The number of carboxylic acid groups (broad SMARTS) is 1. The highest BCUT2D eigenvalue weighted by Crippen LogP contribution is 2.62. The highest BCUT2D eigenvalue weighted by atomic mass is 19.1. The fraction of sp³-hybridized carbons (Fsp3) is 0.800. The molecule has 2 saturated carbocycles. The Morgan fingerprint density at radius 2 is 2.25 bits per heavy atom. The Balaban J connectivity index is 2.18. The van der Waals surface area contributed by atoms with E-state index in [0.29, 0.717) is 0 Å². The largest absolute Gasteiger partial charge is 0.481 e. The van der Waals surface area contributed by atoms with Crippen LogP contribution in [0, 0.1) is 17.8 Å². The molecule has 2 rings (SSSR count). The molecule has 0 radical (unpaired) electrons. The fourth-order valence-corrected chi connectivity index (χ4v) is 2.85. The summed E-state index contributed by atoms with van der Waals surface area (Å²) in [7, 11) is 0. The first kappa shape index (κ1) is 11.3. The summed E-state index contributed by atoms with van der Waals surface area (Å²) in [5.41, 5.74) is 4.36. The monoisotopic (exact) mass is 231 g/mol. The number of ether oxygens (including phenoxy) is 1. The number of carbonyl (C=O) groups is 2. The molecule has 90 valence electrons. The Hall–Kier alpha value is -1.17. The Morgan fingerprint density at radius 3 is 2.69 bits per heavy atom. The molecule has 0 heterocycles. The SMILES string of the molecule is CCOC(=O)[C@]1(N)C[C@@H](F)[C@H]2[C@H](C(=O)O)[C@H]21. The van der Waals surface area contributed by atoms with Crippen molar-refractivity contribution in [3.8, 4) is 0 Å². The molecule has 0 aromatic heterocycles. The van der Waals surface area contributed by atoms with Gasteiger partial charge in [0.1, 0.15) is 11.7 Å². The first-order valence-electron chi connectivity index (χ1n) is 5.26. The van der Waals surface area contributed by atoms with Gasteiger partial charge in [-0.3, -0.25) is 9.59 Å². The van der Waals surface area contributed by atoms with Crippen LogP contribution in [0.4, 0.5) is 4.39 Å². The predicted octanol–water partition coefficient (Wildman–Crippen LogP) is -0.0644. The predicted molar refractivity (Wildman–Crippen MR) is 51.2 cm³/mol. The minimum atomic E-state index is -1.46. The number of fused-ring (bicyclic) bond motifs is 1. The molecule has 3 N–H and O–H groups in total. The van der Waals surface area contributed by atoms with Gasteiger partial charge in [-0.05, 0) is 6.92 Å². The van der Waals surface area contributed by atoms with Crippen molar-refractivity contribution in [2.24, 2.45) is 23.5 Å². The molecule has 0 aromatic carbocycles. The van der Waals surface area contributed by atoms with Gasteiger partial charge in [-0.2, -0.15) is 0 Å². The maximum absolute atomic E-state index is 13.5. The third-order valence-electron chi connectivity index (χ3n) is 3.56. The van der Waals surface area contributed by atoms with E-state index < -0.39 is 41.4 Å². The van der Waals surface area contributed by atoms with Gasteiger partial charge in [0.2, 0.25) is 0 Å². The van der Waals surface area contributed by atoms with Crippen LogP contribution >= 0.6 is 0 Å². The van der Waals surface area contributed by atoms with Crippen molar-refractivity contribution < 1.29 is 23.8 Å². The number of carbonyl (C=O) groups excluding carboxylic acids is 1. The van der Waals surface area contributed by atoms with E-state index >= 15 is 0 Å². The summed E-state index contributed by atoms with van der Waals surface area (Å²) in [6, 6.07) is 0. The molecule has 0 aromatic rings. The second-order valence-corrected chi connectivity index (χ2v) is 4.45. The Labute approximate surface area is 91.7 Å². The number of nitrogens with two attached hydrogens (primary N) is 1. The van der Waals surface area contributed by atoms with E-state index in [1.54, 1.807) is 6.92 Å². The fourth-order valence-electron chi connectivity index (χ4n) is 2.85. The molecule has 0 spiro atoms. The summed E-state index contributed by atoms with van der Waals surface area (Å²) in [4.78, 5) is 22.4. The van der Waals surface area contributed by atoms with Gasteiger partial charge in [-0.1, -0.05) is 0 Å². The van der Waals surface area contributed by atoms with Crippen molar-refractivity contribution in [1.29, 1.82) is 0 Å². The van der Waals surface area contributed by atoms with Gasteiger partial charge >= 0.3 is 11.9 Å². The summed E-state index contributed by atoms with van der Waals surface area (Å²) in [6.07, 6.45) is -1.45. The van der Waals surface area contributed by atoms with E-state index in [4.69, 9.17) is 15.6 Å². The van der Waals surface area contributed by atoms with Crippen molar-refractivity contribution in [2.45, 2.75) is 25.1 Å².